The number of para-hydroxylation sites is 1. The Morgan fingerprint density at radius 2 is 2.11 bits per heavy atom. The van der Waals surface area contributed by atoms with Crippen LogP contribution in [0.15, 0.2) is 24.3 Å². The van der Waals surface area contributed by atoms with Crippen molar-refractivity contribution in [2.75, 3.05) is 25.0 Å². The summed E-state index contributed by atoms with van der Waals surface area (Å²) in [6, 6.07) is 8.04. The summed E-state index contributed by atoms with van der Waals surface area (Å²) in [4.78, 5) is 13.7. The summed E-state index contributed by atoms with van der Waals surface area (Å²) < 4.78 is 0. The smallest absolute Gasteiger partial charge is 0.250 e. The Balaban J connectivity index is 2.21. The van der Waals surface area contributed by atoms with E-state index >= 15 is 0 Å². The number of hydrogen-bond donors (Lipinski definition) is 2. The van der Waals surface area contributed by atoms with Crippen molar-refractivity contribution in [2.24, 2.45) is 5.73 Å². The number of hydrogen-bond acceptors (Lipinski definition) is 3. The molecule has 2 rings (SSSR count). The van der Waals surface area contributed by atoms with Gasteiger partial charge in [-0.2, -0.15) is 0 Å². The number of nitrogens with one attached hydrogen (secondary N) is 1. The molecule has 0 bridgehead atoms. The van der Waals surface area contributed by atoms with Crippen molar-refractivity contribution in [3.05, 3.63) is 29.8 Å². The molecule has 4 heteroatoms. The van der Waals surface area contributed by atoms with Gasteiger partial charge in [-0.15, -0.1) is 0 Å². The molecule has 1 aliphatic heterocycles. The fraction of sp³-hybridized carbons (Fsp3) is 0.500. The van der Waals surface area contributed by atoms with E-state index in [4.69, 9.17) is 5.73 Å². The Hall–Kier alpha value is -1.55. The van der Waals surface area contributed by atoms with Crippen LogP contribution in [0.5, 0.6) is 0 Å². The first-order valence-corrected chi connectivity index (χ1v) is 6.52. The number of carbonyl (C=O) groups is 1. The maximum Gasteiger partial charge on any atom is 0.250 e. The first-order valence-electron chi connectivity index (χ1n) is 6.52. The highest BCUT2D eigenvalue weighted by atomic mass is 16.1. The first kappa shape index (κ1) is 12.9. The second-order valence-electron chi connectivity index (χ2n) is 4.83. The molecule has 0 saturated carbocycles. The Labute approximate surface area is 108 Å². The molecule has 1 atom stereocenters. The Kier molecular flexibility index (Phi) is 4.20. The molecule has 1 saturated heterocycles. The van der Waals surface area contributed by atoms with Gasteiger partial charge in [0.15, 0.2) is 0 Å². The van der Waals surface area contributed by atoms with E-state index in [1.54, 1.807) is 6.07 Å². The lowest BCUT2D eigenvalue weighted by atomic mass is 10.0. The normalized spacial score (nSPS) is 20.2. The summed E-state index contributed by atoms with van der Waals surface area (Å²) in [6.45, 7) is 2.12. The molecule has 4 nitrogen and oxygen atoms in total. The van der Waals surface area contributed by atoms with Gasteiger partial charge in [-0.3, -0.25) is 4.79 Å². The fourth-order valence-corrected chi connectivity index (χ4v) is 2.57. The molecule has 0 aromatic heterocycles. The molecular weight excluding hydrogens is 226 g/mol. The van der Waals surface area contributed by atoms with Gasteiger partial charge in [0.1, 0.15) is 0 Å². The van der Waals surface area contributed by atoms with Crippen molar-refractivity contribution in [2.45, 2.75) is 25.3 Å². The monoisotopic (exact) mass is 247 g/mol. The molecule has 1 unspecified atom stereocenters. The fourth-order valence-electron chi connectivity index (χ4n) is 2.57. The van der Waals surface area contributed by atoms with Crippen LogP contribution in [0.1, 0.15) is 29.6 Å². The first-order chi connectivity index (χ1) is 8.70. The zero-order valence-electron chi connectivity index (χ0n) is 10.9. The molecule has 98 valence electrons. The van der Waals surface area contributed by atoms with Crippen LogP contribution in [-0.4, -0.2) is 32.1 Å². The lowest BCUT2D eigenvalue weighted by Crippen LogP contribution is -2.34. The van der Waals surface area contributed by atoms with Crippen LogP contribution < -0.4 is 16.0 Å². The van der Waals surface area contributed by atoms with Crippen molar-refractivity contribution >= 4 is 11.6 Å². The van der Waals surface area contributed by atoms with Crippen LogP contribution in [0, 0.1) is 0 Å². The Bertz CT molecular complexity index is 411. The lowest BCUT2D eigenvalue weighted by Gasteiger charge is -2.30. The van der Waals surface area contributed by atoms with Gasteiger partial charge in [-0.1, -0.05) is 12.1 Å². The minimum atomic E-state index is -0.357. The molecule has 18 heavy (non-hydrogen) atoms. The number of nitrogens with zero attached hydrogens (tertiary/aromatic N) is 1. The third kappa shape index (κ3) is 2.82. The molecule has 1 amide bonds. The van der Waals surface area contributed by atoms with Gasteiger partial charge in [0.25, 0.3) is 5.91 Å². The van der Waals surface area contributed by atoms with Crippen LogP contribution in [0.4, 0.5) is 5.69 Å². The van der Waals surface area contributed by atoms with Gasteiger partial charge in [0.05, 0.1) is 5.56 Å². The Morgan fingerprint density at radius 1 is 1.33 bits per heavy atom. The van der Waals surface area contributed by atoms with E-state index in [1.807, 2.05) is 18.2 Å². The van der Waals surface area contributed by atoms with Crippen LogP contribution >= 0.6 is 0 Å². The van der Waals surface area contributed by atoms with Crippen LogP contribution in [0.25, 0.3) is 0 Å². The number of rotatable bonds is 3. The molecule has 3 N–H and O–H groups in total. The SMILES string of the molecule is CN(c1ccccc1C(N)=O)C1CCCNCC1. The number of amides is 1. The molecule has 0 spiro atoms. The average Bonchev–Trinajstić information content (AvgIpc) is 2.66. The highest BCUT2D eigenvalue weighted by Gasteiger charge is 2.20. The third-order valence-electron chi connectivity index (χ3n) is 3.64. The molecule has 1 heterocycles. The minimum Gasteiger partial charge on any atom is -0.371 e. The summed E-state index contributed by atoms with van der Waals surface area (Å²) >= 11 is 0. The quantitative estimate of drug-likeness (QED) is 0.848. The van der Waals surface area contributed by atoms with Crippen molar-refractivity contribution in [3.63, 3.8) is 0 Å². The van der Waals surface area contributed by atoms with E-state index in [9.17, 15) is 4.79 Å². The van der Waals surface area contributed by atoms with Crippen molar-refractivity contribution in [1.29, 1.82) is 0 Å². The summed E-state index contributed by atoms with van der Waals surface area (Å²) in [5.41, 5.74) is 6.98. The maximum atomic E-state index is 11.5. The van der Waals surface area contributed by atoms with Crippen molar-refractivity contribution in [3.8, 4) is 0 Å². The summed E-state index contributed by atoms with van der Waals surface area (Å²) in [7, 11) is 2.05. The van der Waals surface area contributed by atoms with E-state index in [2.05, 4.69) is 17.3 Å². The van der Waals surface area contributed by atoms with E-state index in [0.717, 1.165) is 31.6 Å². The van der Waals surface area contributed by atoms with Gasteiger partial charge >= 0.3 is 0 Å². The van der Waals surface area contributed by atoms with E-state index in [-0.39, 0.29) is 5.91 Å². The number of nitrogens with two attached hydrogens (primary N) is 1. The number of carbonyl (C=O) groups excluding carboxylic acids is 1. The maximum absolute atomic E-state index is 11.5. The second kappa shape index (κ2) is 5.87. The predicted octanol–water partition coefficient (Wildman–Crippen LogP) is 1.36. The molecule has 1 fully saturated rings. The van der Waals surface area contributed by atoms with Gasteiger partial charge in [0.2, 0.25) is 0 Å². The number of anilines is 1. The van der Waals surface area contributed by atoms with Gasteiger partial charge in [-0.25, -0.2) is 0 Å². The zero-order valence-corrected chi connectivity index (χ0v) is 10.9. The number of primary amides is 1. The molecule has 0 radical (unpaired) electrons. The van der Waals surface area contributed by atoms with E-state index in [1.165, 1.54) is 6.42 Å². The summed E-state index contributed by atoms with van der Waals surface area (Å²) in [5.74, 6) is -0.357. The Morgan fingerprint density at radius 3 is 2.89 bits per heavy atom. The molecule has 1 aliphatic rings. The van der Waals surface area contributed by atoms with Gasteiger partial charge < -0.3 is 16.0 Å². The summed E-state index contributed by atoms with van der Waals surface area (Å²) in [5, 5.41) is 3.40. The molecular formula is C14H21N3O. The van der Waals surface area contributed by atoms with Crippen molar-refractivity contribution < 1.29 is 4.79 Å². The largest absolute Gasteiger partial charge is 0.371 e. The average molecular weight is 247 g/mol. The van der Waals surface area contributed by atoms with Crippen molar-refractivity contribution in [1.82, 2.24) is 5.32 Å². The second-order valence-corrected chi connectivity index (χ2v) is 4.83. The topological polar surface area (TPSA) is 58.4 Å². The van der Waals surface area contributed by atoms with Crippen LogP contribution in [0.2, 0.25) is 0 Å². The zero-order chi connectivity index (χ0) is 13.0. The van der Waals surface area contributed by atoms with Crippen LogP contribution in [-0.2, 0) is 0 Å². The highest BCUT2D eigenvalue weighted by Crippen LogP contribution is 2.24. The third-order valence-corrected chi connectivity index (χ3v) is 3.64. The van der Waals surface area contributed by atoms with Crippen LogP contribution in [0.3, 0.4) is 0 Å². The van der Waals surface area contributed by atoms with Gasteiger partial charge in [0, 0.05) is 18.8 Å². The van der Waals surface area contributed by atoms with E-state index in [0.29, 0.717) is 11.6 Å². The van der Waals surface area contributed by atoms with E-state index < -0.39 is 0 Å². The highest BCUT2D eigenvalue weighted by molar-refractivity contribution is 5.98. The predicted molar refractivity (Wildman–Crippen MR) is 73.9 cm³/mol. The molecule has 1 aromatic rings. The minimum absolute atomic E-state index is 0.357. The molecule has 0 aliphatic carbocycles. The standard InChI is InChI=1S/C14H21N3O/c1-17(11-5-4-9-16-10-8-11)13-7-3-2-6-12(13)14(15)18/h2-3,6-7,11,16H,4-5,8-10H2,1H3,(H2,15,18). The number of benzene rings is 1. The lowest BCUT2D eigenvalue weighted by molar-refractivity contribution is 0.100. The summed E-state index contributed by atoms with van der Waals surface area (Å²) in [6.07, 6.45) is 3.42. The molecule has 1 aromatic carbocycles. The van der Waals surface area contributed by atoms with Gasteiger partial charge in [-0.05, 0) is 44.5 Å².